The van der Waals surface area contributed by atoms with E-state index in [0.717, 1.165) is 6.42 Å². The van der Waals surface area contributed by atoms with Crippen molar-refractivity contribution in [3.8, 4) is 12.3 Å². The van der Waals surface area contributed by atoms with Crippen LogP contribution in [0.15, 0.2) is 0 Å². The van der Waals surface area contributed by atoms with Crippen LogP contribution in [0.4, 0.5) is 8.78 Å². The van der Waals surface area contributed by atoms with Crippen LogP contribution in [0.25, 0.3) is 0 Å². The molecule has 0 N–H and O–H groups in total. The van der Waals surface area contributed by atoms with Crippen LogP contribution in [0.1, 0.15) is 19.3 Å². The fourth-order valence-electron chi connectivity index (χ4n) is 1.40. The SMILES string of the molecule is C#CCCCN1CCC(F)(F)C1. The van der Waals surface area contributed by atoms with Gasteiger partial charge in [0.15, 0.2) is 0 Å². The minimum atomic E-state index is -2.46. The Balaban J connectivity index is 2.16. The molecule has 0 unspecified atom stereocenters. The largest absolute Gasteiger partial charge is 0.297 e. The van der Waals surface area contributed by atoms with Crippen molar-refractivity contribution in [2.24, 2.45) is 0 Å². The molecule has 3 heteroatoms. The van der Waals surface area contributed by atoms with Crippen molar-refractivity contribution in [3.63, 3.8) is 0 Å². The molecule has 1 nitrogen and oxygen atoms in total. The van der Waals surface area contributed by atoms with Gasteiger partial charge in [0, 0.05) is 19.4 Å². The van der Waals surface area contributed by atoms with Crippen LogP contribution in [-0.4, -0.2) is 30.5 Å². The lowest BCUT2D eigenvalue weighted by Crippen LogP contribution is -2.26. The van der Waals surface area contributed by atoms with Crippen molar-refractivity contribution < 1.29 is 8.78 Å². The molecule has 0 spiro atoms. The smallest absolute Gasteiger partial charge is 0.261 e. The van der Waals surface area contributed by atoms with Crippen LogP contribution in [0.2, 0.25) is 0 Å². The van der Waals surface area contributed by atoms with Crippen LogP contribution < -0.4 is 0 Å². The van der Waals surface area contributed by atoms with Gasteiger partial charge in [0.25, 0.3) is 5.92 Å². The van der Waals surface area contributed by atoms with Gasteiger partial charge in [-0.3, -0.25) is 4.90 Å². The van der Waals surface area contributed by atoms with Gasteiger partial charge in [-0.2, -0.15) is 0 Å². The van der Waals surface area contributed by atoms with E-state index in [2.05, 4.69) is 5.92 Å². The van der Waals surface area contributed by atoms with E-state index in [9.17, 15) is 8.78 Å². The summed E-state index contributed by atoms with van der Waals surface area (Å²) in [7, 11) is 0. The molecule has 1 fully saturated rings. The zero-order valence-electron chi connectivity index (χ0n) is 7.02. The number of likely N-dealkylation sites (tertiary alicyclic amines) is 1. The Kier molecular flexibility index (Phi) is 3.05. The topological polar surface area (TPSA) is 3.24 Å². The fourth-order valence-corrected chi connectivity index (χ4v) is 1.40. The molecule has 0 bridgehead atoms. The number of hydrogen-bond acceptors (Lipinski definition) is 1. The molecule has 1 heterocycles. The Morgan fingerprint density at radius 2 is 2.25 bits per heavy atom. The molecule has 1 aliphatic heterocycles. The van der Waals surface area contributed by atoms with Gasteiger partial charge < -0.3 is 0 Å². The molecule has 0 radical (unpaired) electrons. The maximum atomic E-state index is 12.6. The Morgan fingerprint density at radius 1 is 1.50 bits per heavy atom. The summed E-state index contributed by atoms with van der Waals surface area (Å²) in [6.45, 7) is 1.13. The van der Waals surface area contributed by atoms with Crippen molar-refractivity contribution in [2.75, 3.05) is 19.6 Å². The summed E-state index contributed by atoms with van der Waals surface area (Å²) in [5.41, 5.74) is 0. The summed E-state index contributed by atoms with van der Waals surface area (Å²) in [5.74, 6) is 0.0361. The molecule has 1 saturated heterocycles. The zero-order valence-corrected chi connectivity index (χ0v) is 7.02. The van der Waals surface area contributed by atoms with Crippen LogP contribution in [0.3, 0.4) is 0 Å². The van der Waals surface area contributed by atoms with Crippen molar-refractivity contribution in [1.82, 2.24) is 4.90 Å². The highest BCUT2D eigenvalue weighted by Gasteiger charge is 2.37. The van der Waals surface area contributed by atoms with Gasteiger partial charge in [-0.25, -0.2) is 8.78 Å². The number of halogens is 2. The van der Waals surface area contributed by atoms with Crippen LogP contribution in [0.5, 0.6) is 0 Å². The molecule has 0 aromatic carbocycles. The highest BCUT2D eigenvalue weighted by atomic mass is 19.3. The molecule has 1 rings (SSSR count). The molecule has 0 amide bonds. The third-order valence-electron chi connectivity index (χ3n) is 2.04. The number of alkyl halides is 2. The highest BCUT2D eigenvalue weighted by Crippen LogP contribution is 2.26. The van der Waals surface area contributed by atoms with E-state index in [-0.39, 0.29) is 13.0 Å². The molecule has 1 aliphatic rings. The summed E-state index contributed by atoms with van der Waals surface area (Å²) in [6.07, 6.45) is 6.56. The maximum absolute atomic E-state index is 12.6. The number of nitrogens with zero attached hydrogens (tertiary/aromatic N) is 1. The third-order valence-corrected chi connectivity index (χ3v) is 2.04. The summed E-state index contributed by atoms with van der Waals surface area (Å²) >= 11 is 0. The zero-order chi connectivity index (χ0) is 9.03. The molecule has 12 heavy (non-hydrogen) atoms. The lowest BCUT2D eigenvalue weighted by Gasteiger charge is -2.13. The van der Waals surface area contributed by atoms with Gasteiger partial charge in [-0.1, -0.05) is 0 Å². The minimum absolute atomic E-state index is 0.00303. The molecule has 0 aliphatic carbocycles. The molecule has 0 aromatic heterocycles. The summed E-state index contributed by atoms with van der Waals surface area (Å²) in [6, 6.07) is 0. The first-order valence-electron chi connectivity index (χ1n) is 4.18. The summed E-state index contributed by atoms with van der Waals surface area (Å²) < 4.78 is 25.2. The standard InChI is InChI=1S/C9H13F2N/c1-2-3-4-6-12-7-5-9(10,11)8-12/h1H,3-8H2. The van der Waals surface area contributed by atoms with Crippen LogP contribution in [-0.2, 0) is 0 Å². The van der Waals surface area contributed by atoms with Crippen LogP contribution >= 0.6 is 0 Å². The lowest BCUT2D eigenvalue weighted by molar-refractivity contribution is 0.0122. The van der Waals surface area contributed by atoms with Gasteiger partial charge in [0.05, 0.1) is 6.54 Å². The second kappa shape index (κ2) is 3.86. The summed E-state index contributed by atoms with van der Waals surface area (Å²) in [5, 5.41) is 0. The maximum Gasteiger partial charge on any atom is 0.261 e. The van der Waals surface area contributed by atoms with Crippen molar-refractivity contribution in [1.29, 1.82) is 0 Å². The van der Waals surface area contributed by atoms with Gasteiger partial charge in [0.1, 0.15) is 0 Å². The van der Waals surface area contributed by atoms with E-state index in [1.165, 1.54) is 0 Å². The molecule has 0 aromatic rings. The second-order valence-electron chi connectivity index (χ2n) is 3.19. The lowest BCUT2D eigenvalue weighted by atomic mass is 10.3. The first-order valence-corrected chi connectivity index (χ1v) is 4.18. The van der Waals surface area contributed by atoms with Crippen molar-refractivity contribution in [2.45, 2.75) is 25.2 Å². The normalized spacial score (nSPS) is 22.4. The van der Waals surface area contributed by atoms with E-state index in [1.807, 2.05) is 0 Å². The fraction of sp³-hybridized carbons (Fsp3) is 0.778. The molecule has 0 atom stereocenters. The molecule has 0 saturated carbocycles. The summed E-state index contributed by atoms with van der Waals surface area (Å²) in [4.78, 5) is 1.78. The van der Waals surface area contributed by atoms with E-state index >= 15 is 0 Å². The van der Waals surface area contributed by atoms with E-state index in [0.29, 0.717) is 19.5 Å². The van der Waals surface area contributed by atoms with Gasteiger partial charge in [-0.05, 0) is 13.0 Å². The molecular weight excluding hydrogens is 160 g/mol. The first kappa shape index (κ1) is 9.47. The number of unbranched alkanes of at least 4 members (excludes halogenated alkanes) is 1. The van der Waals surface area contributed by atoms with Crippen molar-refractivity contribution >= 4 is 0 Å². The number of terminal acetylenes is 1. The monoisotopic (exact) mass is 173 g/mol. The van der Waals surface area contributed by atoms with E-state index in [1.54, 1.807) is 4.90 Å². The van der Waals surface area contributed by atoms with Crippen LogP contribution in [0, 0.1) is 12.3 Å². The molecule has 68 valence electrons. The van der Waals surface area contributed by atoms with Gasteiger partial charge >= 0.3 is 0 Å². The number of rotatable bonds is 3. The average Bonchev–Trinajstić information content (AvgIpc) is 2.31. The number of hydrogen-bond donors (Lipinski definition) is 0. The second-order valence-corrected chi connectivity index (χ2v) is 3.19. The van der Waals surface area contributed by atoms with E-state index < -0.39 is 5.92 Å². The van der Waals surface area contributed by atoms with Crippen molar-refractivity contribution in [3.05, 3.63) is 0 Å². The minimum Gasteiger partial charge on any atom is -0.297 e. The average molecular weight is 173 g/mol. The predicted octanol–water partition coefficient (Wildman–Crippen LogP) is 1.74. The Morgan fingerprint density at radius 3 is 2.75 bits per heavy atom. The quantitative estimate of drug-likeness (QED) is 0.464. The highest BCUT2D eigenvalue weighted by molar-refractivity contribution is 4.85. The third kappa shape index (κ3) is 2.78. The Hall–Kier alpha value is -0.620. The predicted molar refractivity (Wildman–Crippen MR) is 44.1 cm³/mol. The molecular formula is C9H13F2N. The van der Waals surface area contributed by atoms with E-state index in [4.69, 9.17) is 6.42 Å². The van der Waals surface area contributed by atoms with Gasteiger partial charge in [0.2, 0.25) is 0 Å². The Labute approximate surface area is 71.7 Å². The van der Waals surface area contributed by atoms with Gasteiger partial charge in [-0.15, -0.1) is 12.3 Å². The Bertz CT molecular complexity index is 183. The first-order chi connectivity index (χ1) is 5.64.